The molecule has 1 aliphatic heterocycles. The van der Waals surface area contributed by atoms with Crippen LogP contribution in [0.1, 0.15) is 11.1 Å². The van der Waals surface area contributed by atoms with Crippen LogP contribution in [0, 0.1) is 5.82 Å². The molecule has 0 radical (unpaired) electrons. The molecule has 190 valence electrons. The molecule has 1 saturated heterocycles. The second kappa shape index (κ2) is 11.2. The molecule has 1 N–H and O–H groups in total. The van der Waals surface area contributed by atoms with Gasteiger partial charge in [-0.25, -0.2) is 4.39 Å². The SMILES string of the molecule is O=C(CN1C(=O)S/C(=C/c2cc(Br)ccc2OCc2cccc3ccccc23)C1=O)Nc1cccc(F)c1. The number of nitrogens with one attached hydrogen (secondary N) is 1. The van der Waals surface area contributed by atoms with Gasteiger partial charge in [0.05, 0.1) is 4.91 Å². The second-order valence-corrected chi connectivity index (χ2v) is 10.3. The monoisotopic (exact) mass is 590 g/mol. The number of halogens is 2. The van der Waals surface area contributed by atoms with Gasteiger partial charge in [-0.1, -0.05) is 64.5 Å². The number of carbonyl (C=O) groups is 3. The molecule has 0 spiro atoms. The first-order valence-electron chi connectivity index (χ1n) is 11.6. The van der Waals surface area contributed by atoms with Gasteiger partial charge in [0.15, 0.2) is 0 Å². The fourth-order valence-electron chi connectivity index (χ4n) is 4.03. The molecule has 0 bridgehead atoms. The number of ether oxygens (including phenoxy) is 1. The molecule has 6 nitrogen and oxygen atoms in total. The lowest BCUT2D eigenvalue weighted by atomic mass is 10.1. The van der Waals surface area contributed by atoms with Gasteiger partial charge in [-0.05, 0) is 70.6 Å². The Morgan fingerprint density at radius 2 is 1.79 bits per heavy atom. The van der Waals surface area contributed by atoms with E-state index >= 15 is 0 Å². The maximum atomic E-state index is 13.4. The van der Waals surface area contributed by atoms with Crippen LogP contribution in [0.3, 0.4) is 0 Å². The van der Waals surface area contributed by atoms with E-state index in [0.29, 0.717) is 17.9 Å². The van der Waals surface area contributed by atoms with Crippen molar-refractivity contribution in [2.75, 3.05) is 11.9 Å². The standard InChI is InChI=1S/C29H20BrFN2O4S/c30-21-11-12-25(37-17-19-7-3-6-18-5-1-2-10-24(18)19)20(13-21)14-26-28(35)33(29(36)38-26)16-27(34)32-23-9-4-8-22(31)15-23/h1-15H,16-17H2,(H,32,34)/b26-14+. The Morgan fingerprint density at radius 3 is 2.63 bits per heavy atom. The number of hydrogen-bond donors (Lipinski definition) is 1. The zero-order valence-corrected chi connectivity index (χ0v) is 22.2. The molecule has 1 heterocycles. The van der Waals surface area contributed by atoms with Crippen molar-refractivity contribution in [3.8, 4) is 5.75 Å². The Kier molecular flexibility index (Phi) is 7.57. The molecule has 1 fully saturated rings. The summed E-state index contributed by atoms with van der Waals surface area (Å²) in [6, 6.07) is 24.8. The Morgan fingerprint density at radius 1 is 1.00 bits per heavy atom. The molecular formula is C29H20BrFN2O4S. The van der Waals surface area contributed by atoms with Gasteiger partial charge in [0.2, 0.25) is 5.91 Å². The number of imide groups is 1. The van der Waals surface area contributed by atoms with Crippen molar-refractivity contribution in [2.45, 2.75) is 6.61 Å². The summed E-state index contributed by atoms with van der Waals surface area (Å²) >= 11 is 4.19. The quantitative estimate of drug-likeness (QED) is 0.235. The molecule has 38 heavy (non-hydrogen) atoms. The van der Waals surface area contributed by atoms with Crippen LogP contribution in [0.15, 0.2) is 94.3 Å². The predicted octanol–water partition coefficient (Wildman–Crippen LogP) is 7.00. The highest BCUT2D eigenvalue weighted by molar-refractivity contribution is 9.10. The molecule has 4 aromatic carbocycles. The first-order valence-corrected chi connectivity index (χ1v) is 13.2. The summed E-state index contributed by atoms with van der Waals surface area (Å²) in [5.74, 6) is -1.17. The minimum Gasteiger partial charge on any atom is -0.488 e. The highest BCUT2D eigenvalue weighted by Gasteiger charge is 2.36. The van der Waals surface area contributed by atoms with Crippen molar-refractivity contribution in [3.63, 3.8) is 0 Å². The Hall–Kier alpha value is -3.95. The molecule has 0 unspecified atom stereocenters. The Balaban J connectivity index is 1.33. The van der Waals surface area contributed by atoms with E-state index in [-0.39, 0.29) is 10.6 Å². The molecular weight excluding hydrogens is 571 g/mol. The molecule has 0 saturated carbocycles. The van der Waals surface area contributed by atoms with Gasteiger partial charge < -0.3 is 10.1 Å². The van der Waals surface area contributed by atoms with E-state index in [4.69, 9.17) is 4.74 Å². The molecule has 1 aliphatic rings. The van der Waals surface area contributed by atoms with Crippen molar-refractivity contribution in [3.05, 3.63) is 111 Å². The van der Waals surface area contributed by atoms with Crippen molar-refractivity contribution >= 4 is 67.3 Å². The summed E-state index contributed by atoms with van der Waals surface area (Å²) in [5.41, 5.74) is 1.86. The topological polar surface area (TPSA) is 75.7 Å². The summed E-state index contributed by atoms with van der Waals surface area (Å²) in [4.78, 5) is 39.0. The highest BCUT2D eigenvalue weighted by atomic mass is 79.9. The van der Waals surface area contributed by atoms with Crippen LogP contribution < -0.4 is 10.1 Å². The normalized spacial score (nSPS) is 14.4. The van der Waals surface area contributed by atoms with Gasteiger partial charge in [0.1, 0.15) is 24.7 Å². The third kappa shape index (κ3) is 5.79. The van der Waals surface area contributed by atoms with Crippen molar-refractivity contribution in [2.24, 2.45) is 0 Å². The molecule has 0 aromatic heterocycles. The third-order valence-electron chi connectivity index (χ3n) is 5.81. The predicted molar refractivity (Wildman–Crippen MR) is 150 cm³/mol. The summed E-state index contributed by atoms with van der Waals surface area (Å²) in [7, 11) is 0. The van der Waals surface area contributed by atoms with Gasteiger partial charge in [-0.15, -0.1) is 0 Å². The minimum absolute atomic E-state index is 0.168. The van der Waals surface area contributed by atoms with E-state index in [1.54, 1.807) is 18.2 Å². The maximum Gasteiger partial charge on any atom is 0.294 e. The Bertz CT molecular complexity index is 1600. The van der Waals surface area contributed by atoms with Crippen LogP contribution in [-0.2, 0) is 16.2 Å². The average Bonchev–Trinajstić information content (AvgIpc) is 3.15. The molecule has 4 aromatic rings. The number of benzene rings is 4. The number of anilines is 1. The third-order valence-corrected chi connectivity index (χ3v) is 7.21. The Labute approximate surface area is 230 Å². The molecule has 5 rings (SSSR count). The zero-order chi connectivity index (χ0) is 26.6. The van der Waals surface area contributed by atoms with E-state index < -0.39 is 29.4 Å². The van der Waals surface area contributed by atoms with Crippen LogP contribution >= 0.6 is 27.7 Å². The van der Waals surface area contributed by atoms with Crippen LogP contribution in [0.5, 0.6) is 5.75 Å². The number of amides is 3. The molecule has 3 amide bonds. The van der Waals surface area contributed by atoms with Gasteiger partial charge >= 0.3 is 0 Å². The number of rotatable bonds is 7. The number of nitrogens with zero attached hydrogens (tertiary/aromatic N) is 1. The fraction of sp³-hybridized carbons (Fsp3) is 0.0690. The van der Waals surface area contributed by atoms with E-state index in [9.17, 15) is 18.8 Å². The number of hydrogen-bond acceptors (Lipinski definition) is 5. The van der Waals surface area contributed by atoms with Gasteiger partial charge in [-0.2, -0.15) is 0 Å². The summed E-state index contributed by atoms with van der Waals surface area (Å²) in [6.45, 7) is -0.174. The van der Waals surface area contributed by atoms with Crippen LogP contribution in [0.25, 0.3) is 16.8 Å². The lowest BCUT2D eigenvalue weighted by Gasteiger charge is -2.13. The zero-order valence-electron chi connectivity index (χ0n) is 19.8. The van der Waals surface area contributed by atoms with Gasteiger partial charge in [0, 0.05) is 15.7 Å². The van der Waals surface area contributed by atoms with Crippen molar-refractivity contribution in [1.82, 2.24) is 4.90 Å². The van der Waals surface area contributed by atoms with Crippen LogP contribution in [0.2, 0.25) is 0 Å². The number of carbonyl (C=O) groups excluding carboxylic acids is 3. The smallest absolute Gasteiger partial charge is 0.294 e. The van der Waals surface area contributed by atoms with Crippen molar-refractivity contribution < 1.29 is 23.5 Å². The summed E-state index contributed by atoms with van der Waals surface area (Å²) in [6.07, 6.45) is 1.58. The highest BCUT2D eigenvalue weighted by Crippen LogP contribution is 2.35. The minimum atomic E-state index is -0.610. The summed E-state index contributed by atoms with van der Waals surface area (Å²) in [5, 5.41) is 4.13. The maximum absolute atomic E-state index is 13.4. The molecule has 0 atom stereocenters. The van der Waals surface area contributed by atoms with E-state index in [1.165, 1.54) is 18.2 Å². The number of thioether (sulfide) groups is 1. The summed E-state index contributed by atoms with van der Waals surface area (Å²) < 4.78 is 20.3. The lowest BCUT2D eigenvalue weighted by molar-refractivity contribution is -0.127. The van der Waals surface area contributed by atoms with Crippen LogP contribution in [0.4, 0.5) is 14.9 Å². The van der Waals surface area contributed by atoms with Gasteiger partial charge in [0.25, 0.3) is 11.1 Å². The van der Waals surface area contributed by atoms with Gasteiger partial charge in [-0.3, -0.25) is 19.3 Å². The molecule has 9 heteroatoms. The number of fused-ring (bicyclic) bond motifs is 1. The largest absolute Gasteiger partial charge is 0.488 e. The van der Waals surface area contributed by atoms with Crippen LogP contribution in [-0.4, -0.2) is 28.5 Å². The second-order valence-electron chi connectivity index (χ2n) is 8.44. The van der Waals surface area contributed by atoms with Crippen molar-refractivity contribution in [1.29, 1.82) is 0 Å². The van der Waals surface area contributed by atoms with E-state index in [2.05, 4.69) is 21.2 Å². The van der Waals surface area contributed by atoms with E-state index in [1.807, 2.05) is 48.5 Å². The first-order chi connectivity index (χ1) is 18.4. The lowest BCUT2D eigenvalue weighted by Crippen LogP contribution is -2.36. The molecule has 0 aliphatic carbocycles. The average molecular weight is 591 g/mol. The van der Waals surface area contributed by atoms with E-state index in [0.717, 1.165) is 43.5 Å². The first kappa shape index (κ1) is 25.7. The fourth-order valence-corrected chi connectivity index (χ4v) is 5.23.